The Labute approximate surface area is 173 Å². The van der Waals surface area contributed by atoms with Crippen LogP contribution in [-0.4, -0.2) is 5.97 Å². The van der Waals surface area contributed by atoms with E-state index in [1.165, 1.54) is 0 Å². The van der Waals surface area contributed by atoms with Crippen LogP contribution in [0.4, 0.5) is 0 Å². The summed E-state index contributed by atoms with van der Waals surface area (Å²) in [7, 11) is 0. The van der Waals surface area contributed by atoms with E-state index in [0.29, 0.717) is 5.57 Å². The van der Waals surface area contributed by atoms with Gasteiger partial charge in [0, 0.05) is 22.3 Å². The third kappa shape index (κ3) is 4.65. The predicted molar refractivity (Wildman–Crippen MR) is 119 cm³/mol. The van der Waals surface area contributed by atoms with Crippen molar-refractivity contribution in [1.29, 1.82) is 0 Å². The third-order valence-corrected chi connectivity index (χ3v) is 5.12. The Bertz CT molecular complexity index is 831. The minimum Gasteiger partial charge on any atom is -0.441 e. The van der Waals surface area contributed by atoms with Crippen LogP contribution in [0.15, 0.2) is 103 Å². The first-order chi connectivity index (χ1) is 14.2. The molecule has 0 bridgehead atoms. The van der Waals surface area contributed by atoms with Gasteiger partial charge >= 0.3 is 5.97 Å². The molecule has 0 aromatic heterocycles. The summed E-state index contributed by atoms with van der Waals surface area (Å²) in [6, 6.07) is 29.9. The lowest BCUT2D eigenvalue weighted by Gasteiger charge is -2.35. The summed E-state index contributed by atoms with van der Waals surface area (Å²) in [5, 5.41) is 0. The molecule has 0 fully saturated rings. The van der Waals surface area contributed by atoms with E-state index in [1.54, 1.807) is 0 Å². The average Bonchev–Trinajstić information content (AvgIpc) is 2.79. The number of carbonyl (C=O) groups is 1. The van der Waals surface area contributed by atoms with Crippen LogP contribution in [0.3, 0.4) is 0 Å². The van der Waals surface area contributed by atoms with E-state index in [2.05, 4.69) is 6.92 Å². The van der Waals surface area contributed by atoms with Gasteiger partial charge in [0.2, 0.25) is 0 Å². The number of benzene rings is 3. The van der Waals surface area contributed by atoms with Gasteiger partial charge in [-0.1, -0.05) is 117 Å². The Kier molecular flexibility index (Phi) is 7.02. The van der Waals surface area contributed by atoms with Crippen molar-refractivity contribution in [3.8, 4) is 0 Å². The molecule has 0 unspecified atom stereocenters. The second kappa shape index (κ2) is 9.88. The Morgan fingerprint density at radius 2 is 1.21 bits per heavy atom. The zero-order valence-corrected chi connectivity index (χ0v) is 17.2. The number of hydrogen-bond acceptors (Lipinski definition) is 2. The van der Waals surface area contributed by atoms with Crippen molar-refractivity contribution >= 4 is 5.97 Å². The summed E-state index contributed by atoms with van der Waals surface area (Å²) in [5.74, 6) is -0.294. The number of allylic oxidation sites excluding steroid dienone is 1. The van der Waals surface area contributed by atoms with Gasteiger partial charge in [0.1, 0.15) is 0 Å². The van der Waals surface area contributed by atoms with Crippen molar-refractivity contribution in [2.24, 2.45) is 0 Å². The van der Waals surface area contributed by atoms with Gasteiger partial charge in [0.05, 0.1) is 0 Å². The molecule has 148 valence electrons. The summed E-state index contributed by atoms with van der Waals surface area (Å²) in [6.45, 7) is 3.98. The van der Waals surface area contributed by atoms with Crippen molar-refractivity contribution in [3.63, 3.8) is 0 Å². The Balaban J connectivity index is 2.15. The SMILES string of the molecule is CCCCC=C(C)C(=O)OC(c1ccccc1)(c1ccccc1)c1ccccc1. The van der Waals surface area contributed by atoms with Crippen LogP contribution in [0, 0.1) is 0 Å². The minimum absolute atomic E-state index is 0.294. The van der Waals surface area contributed by atoms with Gasteiger partial charge < -0.3 is 4.74 Å². The van der Waals surface area contributed by atoms with E-state index in [9.17, 15) is 4.79 Å². The van der Waals surface area contributed by atoms with E-state index in [0.717, 1.165) is 36.0 Å². The monoisotopic (exact) mass is 384 g/mol. The zero-order chi connectivity index (χ0) is 20.5. The van der Waals surface area contributed by atoms with Gasteiger partial charge in [-0.2, -0.15) is 0 Å². The summed E-state index contributed by atoms with van der Waals surface area (Å²) < 4.78 is 6.38. The van der Waals surface area contributed by atoms with Crippen molar-refractivity contribution in [2.75, 3.05) is 0 Å². The average molecular weight is 385 g/mol. The van der Waals surface area contributed by atoms with Crippen molar-refractivity contribution < 1.29 is 9.53 Å². The van der Waals surface area contributed by atoms with Gasteiger partial charge in [-0.25, -0.2) is 4.79 Å². The van der Waals surface area contributed by atoms with Gasteiger partial charge in [-0.05, 0) is 13.3 Å². The van der Waals surface area contributed by atoms with Crippen LogP contribution in [0.2, 0.25) is 0 Å². The van der Waals surface area contributed by atoms with Gasteiger partial charge in [-0.15, -0.1) is 0 Å². The van der Waals surface area contributed by atoms with Crippen LogP contribution in [0.5, 0.6) is 0 Å². The molecule has 0 amide bonds. The van der Waals surface area contributed by atoms with Gasteiger partial charge in [0.25, 0.3) is 0 Å². The lowest BCUT2D eigenvalue weighted by atomic mass is 9.80. The highest BCUT2D eigenvalue weighted by molar-refractivity contribution is 5.88. The van der Waals surface area contributed by atoms with Crippen molar-refractivity contribution in [1.82, 2.24) is 0 Å². The van der Waals surface area contributed by atoms with Crippen LogP contribution in [-0.2, 0) is 15.1 Å². The highest BCUT2D eigenvalue weighted by atomic mass is 16.6. The minimum atomic E-state index is -1.01. The smallest absolute Gasteiger partial charge is 0.334 e. The molecular weight excluding hydrogens is 356 g/mol. The molecule has 0 heterocycles. The number of carbonyl (C=O) groups excluding carboxylic acids is 1. The second-order valence-electron chi connectivity index (χ2n) is 7.20. The van der Waals surface area contributed by atoms with Crippen LogP contribution in [0.1, 0.15) is 49.8 Å². The molecule has 3 aromatic carbocycles. The van der Waals surface area contributed by atoms with Crippen molar-refractivity contribution in [2.45, 2.75) is 38.7 Å². The number of ether oxygens (including phenoxy) is 1. The van der Waals surface area contributed by atoms with E-state index >= 15 is 0 Å². The topological polar surface area (TPSA) is 26.3 Å². The zero-order valence-electron chi connectivity index (χ0n) is 17.2. The van der Waals surface area contributed by atoms with Gasteiger partial charge in [-0.3, -0.25) is 0 Å². The molecule has 0 aliphatic rings. The van der Waals surface area contributed by atoms with Gasteiger partial charge in [0.15, 0.2) is 5.60 Å². The van der Waals surface area contributed by atoms with E-state index in [4.69, 9.17) is 4.74 Å². The molecule has 0 aliphatic carbocycles. The maximum absolute atomic E-state index is 13.2. The highest BCUT2D eigenvalue weighted by Gasteiger charge is 2.40. The molecule has 0 saturated heterocycles. The van der Waals surface area contributed by atoms with Crippen LogP contribution in [0.25, 0.3) is 0 Å². The molecule has 0 spiro atoms. The molecule has 2 nitrogen and oxygen atoms in total. The lowest BCUT2D eigenvalue weighted by Crippen LogP contribution is -2.35. The number of unbranched alkanes of at least 4 members (excludes halogenated alkanes) is 2. The molecule has 29 heavy (non-hydrogen) atoms. The first-order valence-electron chi connectivity index (χ1n) is 10.2. The fourth-order valence-corrected chi connectivity index (χ4v) is 3.52. The molecule has 0 atom stereocenters. The number of esters is 1. The Morgan fingerprint density at radius 1 is 0.793 bits per heavy atom. The quantitative estimate of drug-likeness (QED) is 0.188. The first kappa shape index (κ1) is 20.6. The van der Waals surface area contributed by atoms with Crippen molar-refractivity contribution in [3.05, 3.63) is 119 Å². The molecule has 3 aromatic rings. The highest BCUT2D eigenvalue weighted by Crippen LogP contribution is 2.41. The Morgan fingerprint density at radius 3 is 1.59 bits per heavy atom. The van der Waals surface area contributed by atoms with Crippen LogP contribution >= 0.6 is 0 Å². The molecule has 0 N–H and O–H groups in total. The molecule has 0 radical (unpaired) electrons. The van der Waals surface area contributed by atoms with E-state index < -0.39 is 5.60 Å². The molecular formula is C27H28O2. The standard InChI is InChI=1S/C27H28O2/c1-3-4-8-15-22(2)26(28)29-27(23-16-9-5-10-17-23,24-18-11-6-12-19-24)25-20-13-7-14-21-25/h5-7,9-21H,3-4,8H2,1-2H3. The molecule has 0 aliphatic heterocycles. The second-order valence-corrected chi connectivity index (χ2v) is 7.20. The Hall–Kier alpha value is -3.13. The van der Waals surface area contributed by atoms with E-state index in [1.807, 2.05) is 104 Å². The normalized spacial score (nSPS) is 11.9. The fraction of sp³-hybridized carbons (Fsp3) is 0.222. The summed E-state index contributed by atoms with van der Waals surface area (Å²) >= 11 is 0. The molecule has 0 saturated carbocycles. The maximum atomic E-state index is 13.2. The fourth-order valence-electron chi connectivity index (χ4n) is 3.52. The summed E-state index contributed by atoms with van der Waals surface area (Å²) in [5.41, 5.74) is 2.40. The third-order valence-electron chi connectivity index (χ3n) is 5.12. The van der Waals surface area contributed by atoms with E-state index in [-0.39, 0.29) is 5.97 Å². The summed E-state index contributed by atoms with van der Waals surface area (Å²) in [6.07, 6.45) is 5.02. The molecule has 2 heteroatoms. The predicted octanol–water partition coefficient (Wildman–Crippen LogP) is 6.66. The number of rotatable bonds is 8. The summed E-state index contributed by atoms with van der Waals surface area (Å²) in [4.78, 5) is 13.2. The first-order valence-corrected chi connectivity index (χ1v) is 10.2. The van der Waals surface area contributed by atoms with Crippen LogP contribution < -0.4 is 0 Å². The number of hydrogen-bond donors (Lipinski definition) is 0. The molecule has 3 rings (SSSR count). The lowest BCUT2D eigenvalue weighted by molar-refractivity contribution is -0.148. The largest absolute Gasteiger partial charge is 0.441 e. The maximum Gasteiger partial charge on any atom is 0.334 e.